The van der Waals surface area contributed by atoms with E-state index in [-0.39, 0.29) is 11.8 Å². The van der Waals surface area contributed by atoms with Crippen LogP contribution in [0.2, 0.25) is 0 Å². The topological polar surface area (TPSA) is 125 Å². The smallest absolute Gasteiger partial charge is 0.227 e. The lowest BCUT2D eigenvalue weighted by atomic mass is 9.88. The van der Waals surface area contributed by atoms with Crippen LogP contribution in [-0.2, 0) is 4.79 Å². The van der Waals surface area contributed by atoms with E-state index in [4.69, 9.17) is 0 Å². The van der Waals surface area contributed by atoms with Crippen LogP contribution in [0.25, 0.3) is 55.7 Å². The van der Waals surface area contributed by atoms with Crippen LogP contribution in [0.4, 0.5) is 5.69 Å². The van der Waals surface area contributed by atoms with Gasteiger partial charge < -0.3 is 10.3 Å². The lowest BCUT2D eigenvalue weighted by Gasteiger charge is -2.20. The molecule has 9 heteroatoms. The molecule has 6 aromatic heterocycles. The second kappa shape index (κ2) is 9.75. The summed E-state index contributed by atoms with van der Waals surface area (Å²) in [5.41, 5.74) is 7.70. The zero-order valence-corrected chi connectivity index (χ0v) is 21.2. The van der Waals surface area contributed by atoms with Crippen molar-refractivity contribution in [1.29, 1.82) is 0 Å². The zero-order valence-electron chi connectivity index (χ0n) is 21.2. The summed E-state index contributed by atoms with van der Waals surface area (Å²) >= 11 is 0. The Morgan fingerprint density at radius 1 is 0.821 bits per heavy atom. The van der Waals surface area contributed by atoms with Gasteiger partial charge in [-0.3, -0.25) is 19.9 Å². The molecule has 6 heterocycles. The maximum atomic E-state index is 12.8. The number of hydrogen-bond acceptors (Lipinski definition) is 6. The monoisotopic (exact) mass is 514 g/mol. The van der Waals surface area contributed by atoms with Gasteiger partial charge in [0.1, 0.15) is 5.65 Å². The molecule has 0 atom stereocenters. The number of anilines is 1. The van der Waals surface area contributed by atoms with Crippen LogP contribution in [0, 0.1) is 5.92 Å². The molecule has 9 nitrogen and oxygen atoms in total. The van der Waals surface area contributed by atoms with E-state index in [0.29, 0.717) is 11.3 Å². The highest BCUT2D eigenvalue weighted by Crippen LogP contribution is 2.34. The molecule has 39 heavy (non-hydrogen) atoms. The molecule has 0 bridgehead atoms. The summed E-state index contributed by atoms with van der Waals surface area (Å²) in [5, 5.41) is 12.5. The Balaban J connectivity index is 1.23. The number of amides is 1. The van der Waals surface area contributed by atoms with Crippen molar-refractivity contribution in [2.24, 2.45) is 5.92 Å². The quantitative estimate of drug-likeness (QED) is 0.254. The fourth-order valence-electron chi connectivity index (χ4n) is 5.48. The predicted octanol–water partition coefficient (Wildman–Crippen LogP) is 6.14. The maximum absolute atomic E-state index is 12.8. The third-order valence-electron chi connectivity index (χ3n) is 7.52. The van der Waals surface area contributed by atoms with Crippen molar-refractivity contribution >= 4 is 33.7 Å². The second-order valence-electron chi connectivity index (χ2n) is 10.0. The summed E-state index contributed by atoms with van der Waals surface area (Å²) in [6, 6.07) is 12.1. The van der Waals surface area contributed by atoms with Gasteiger partial charge in [0.25, 0.3) is 0 Å². The van der Waals surface area contributed by atoms with Crippen molar-refractivity contribution < 1.29 is 4.79 Å². The molecule has 0 aliphatic heterocycles. The number of carbonyl (C=O) groups excluding carboxylic acids is 1. The van der Waals surface area contributed by atoms with Crippen LogP contribution in [0.15, 0.2) is 73.6 Å². The molecule has 7 rings (SSSR count). The van der Waals surface area contributed by atoms with E-state index in [2.05, 4.69) is 46.5 Å². The van der Waals surface area contributed by atoms with Gasteiger partial charge in [0.2, 0.25) is 5.91 Å². The van der Waals surface area contributed by atoms with E-state index in [9.17, 15) is 4.79 Å². The second-order valence-corrected chi connectivity index (χ2v) is 10.0. The number of aromatic nitrogens is 7. The first-order valence-electron chi connectivity index (χ1n) is 13.2. The van der Waals surface area contributed by atoms with Gasteiger partial charge in [-0.1, -0.05) is 19.3 Å². The molecule has 3 N–H and O–H groups in total. The van der Waals surface area contributed by atoms with E-state index in [0.717, 1.165) is 75.7 Å². The lowest BCUT2D eigenvalue weighted by Crippen LogP contribution is -2.24. The standard InChI is InChI=1S/C30H26N8O/c39-30(19-4-2-1-3-5-19)35-22-12-20(15-32-17-22)21-13-25-27(37-38-29(25)34-16-21)26-14-24-23(8-11-33-28(24)36-26)18-6-9-31-10-7-18/h6-17,19H,1-5H2,(H,33,36)(H,35,39)(H,34,37,38). The molecule has 0 unspecified atom stereocenters. The minimum Gasteiger partial charge on any atom is -0.338 e. The van der Waals surface area contributed by atoms with E-state index >= 15 is 0 Å². The van der Waals surface area contributed by atoms with Crippen molar-refractivity contribution in [3.8, 4) is 33.6 Å². The molecule has 192 valence electrons. The summed E-state index contributed by atoms with van der Waals surface area (Å²) in [5.74, 6) is 0.164. The van der Waals surface area contributed by atoms with Crippen molar-refractivity contribution in [3.05, 3.63) is 73.6 Å². The van der Waals surface area contributed by atoms with Gasteiger partial charge >= 0.3 is 0 Å². The summed E-state index contributed by atoms with van der Waals surface area (Å²) < 4.78 is 0. The van der Waals surface area contributed by atoms with Gasteiger partial charge in [-0.2, -0.15) is 5.10 Å². The third kappa shape index (κ3) is 4.41. The molecule has 1 saturated carbocycles. The van der Waals surface area contributed by atoms with Gasteiger partial charge in [-0.05, 0) is 60.4 Å². The maximum Gasteiger partial charge on any atom is 0.227 e. The average Bonchev–Trinajstić information content (AvgIpc) is 3.62. The van der Waals surface area contributed by atoms with Crippen molar-refractivity contribution in [1.82, 2.24) is 35.1 Å². The normalized spacial score (nSPS) is 14.2. The summed E-state index contributed by atoms with van der Waals surface area (Å²) in [7, 11) is 0. The molecule has 1 aliphatic carbocycles. The molecular weight excluding hydrogens is 488 g/mol. The minimum atomic E-state index is 0.0814. The number of fused-ring (bicyclic) bond motifs is 2. The van der Waals surface area contributed by atoms with E-state index < -0.39 is 0 Å². The highest BCUT2D eigenvalue weighted by atomic mass is 16.1. The number of aromatic amines is 2. The van der Waals surface area contributed by atoms with Gasteiger partial charge in [-0.15, -0.1) is 0 Å². The Kier molecular flexibility index (Phi) is 5.81. The highest BCUT2D eigenvalue weighted by molar-refractivity contribution is 6.00. The van der Waals surface area contributed by atoms with Crippen LogP contribution < -0.4 is 5.32 Å². The van der Waals surface area contributed by atoms with Crippen molar-refractivity contribution in [2.45, 2.75) is 32.1 Å². The molecule has 1 fully saturated rings. The number of nitrogens with one attached hydrogen (secondary N) is 3. The van der Waals surface area contributed by atoms with Gasteiger partial charge in [-0.25, -0.2) is 9.97 Å². The number of nitrogens with zero attached hydrogens (tertiary/aromatic N) is 5. The Morgan fingerprint density at radius 2 is 1.67 bits per heavy atom. The van der Waals surface area contributed by atoms with Gasteiger partial charge in [0, 0.05) is 58.8 Å². The lowest BCUT2D eigenvalue weighted by molar-refractivity contribution is -0.120. The summed E-state index contributed by atoms with van der Waals surface area (Å²) in [6.07, 6.45) is 16.0. The summed E-state index contributed by atoms with van der Waals surface area (Å²) in [6.45, 7) is 0. The fraction of sp³-hybridized carbons (Fsp3) is 0.200. The number of H-pyrrole nitrogens is 2. The first kappa shape index (κ1) is 23.2. The largest absolute Gasteiger partial charge is 0.338 e. The van der Waals surface area contributed by atoms with Crippen LogP contribution >= 0.6 is 0 Å². The van der Waals surface area contributed by atoms with Gasteiger partial charge in [0.15, 0.2) is 5.65 Å². The first-order valence-corrected chi connectivity index (χ1v) is 13.2. The third-order valence-corrected chi connectivity index (χ3v) is 7.52. The number of carbonyl (C=O) groups is 1. The molecular formula is C30H26N8O. The summed E-state index contributed by atoms with van der Waals surface area (Å²) in [4.78, 5) is 33.9. The molecule has 0 saturated heterocycles. The van der Waals surface area contributed by atoms with Crippen molar-refractivity contribution in [2.75, 3.05) is 5.32 Å². The number of pyridine rings is 4. The predicted molar refractivity (Wildman–Crippen MR) is 151 cm³/mol. The molecule has 0 radical (unpaired) electrons. The van der Waals surface area contributed by atoms with Crippen LogP contribution in [-0.4, -0.2) is 41.0 Å². The zero-order chi connectivity index (χ0) is 26.2. The molecule has 0 spiro atoms. The SMILES string of the molecule is O=C(Nc1cncc(-c2cnc3n[nH]c(-c4cc5c(-c6ccncc6)ccnc5[nH]4)c3c2)c1)C1CCCCC1. The van der Waals surface area contributed by atoms with E-state index in [1.807, 2.05) is 30.3 Å². The highest BCUT2D eigenvalue weighted by Gasteiger charge is 2.21. The molecule has 1 amide bonds. The Hall–Kier alpha value is -4.92. The Morgan fingerprint density at radius 3 is 2.54 bits per heavy atom. The number of hydrogen-bond donors (Lipinski definition) is 3. The van der Waals surface area contributed by atoms with Crippen molar-refractivity contribution in [3.63, 3.8) is 0 Å². The van der Waals surface area contributed by atoms with Crippen LogP contribution in [0.3, 0.4) is 0 Å². The molecule has 1 aliphatic rings. The Labute approximate surface area is 224 Å². The fourth-order valence-corrected chi connectivity index (χ4v) is 5.48. The van der Waals surface area contributed by atoms with Gasteiger partial charge in [0.05, 0.1) is 23.3 Å². The minimum absolute atomic E-state index is 0.0814. The molecule has 0 aromatic carbocycles. The van der Waals surface area contributed by atoms with E-state index in [1.165, 1.54) is 6.42 Å². The van der Waals surface area contributed by atoms with E-state index in [1.54, 1.807) is 37.2 Å². The average molecular weight is 515 g/mol. The van der Waals surface area contributed by atoms with Crippen LogP contribution in [0.1, 0.15) is 32.1 Å². The Bertz CT molecular complexity index is 1800. The molecule has 6 aromatic rings. The van der Waals surface area contributed by atoms with Crippen LogP contribution in [0.5, 0.6) is 0 Å². The number of rotatable bonds is 5. The first-order chi connectivity index (χ1) is 19.2.